The molecule has 1 saturated heterocycles. The van der Waals surface area contributed by atoms with Gasteiger partial charge in [0.2, 0.25) is 0 Å². The van der Waals surface area contributed by atoms with E-state index in [0.717, 1.165) is 19.5 Å². The van der Waals surface area contributed by atoms with Gasteiger partial charge in [-0.05, 0) is 62.5 Å². The van der Waals surface area contributed by atoms with E-state index in [9.17, 15) is 9.18 Å². The lowest BCUT2D eigenvalue weighted by Gasteiger charge is -2.27. The third kappa shape index (κ3) is 3.63. The Morgan fingerprint density at radius 3 is 2.32 bits per heavy atom. The van der Waals surface area contributed by atoms with Crippen LogP contribution in [0.1, 0.15) is 43.5 Å². The highest BCUT2D eigenvalue weighted by atomic mass is 19.1. The van der Waals surface area contributed by atoms with Crippen molar-refractivity contribution in [1.82, 2.24) is 4.90 Å². The van der Waals surface area contributed by atoms with Crippen LogP contribution in [-0.2, 0) is 0 Å². The lowest BCUT2D eigenvalue weighted by molar-refractivity contribution is 0.0822. The summed E-state index contributed by atoms with van der Waals surface area (Å²) in [4.78, 5) is 14.9. The quantitative estimate of drug-likeness (QED) is 0.758. The molecule has 104 valence electrons. The van der Waals surface area contributed by atoms with Gasteiger partial charge in [-0.2, -0.15) is 0 Å². The van der Waals surface area contributed by atoms with Gasteiger partial charge < -0.3 is 0 Å². The van der Waals surface area contributed by atoms with Gasteiger partial charge in [0.1, 0.15) is 5.82 Å². The van der Waals surface area contributed by atoms with E-state index in [1.165, 1.54) is 25.0 Å². The van der Waals surface area contributed by atoms with Gasteiger partial charge >= 0.3 is 0 Å². The molecule has 2 rings (SSSR count). The summed E-state index contributed by atoms with van der Waals surface area (Å²) in [7, 11) is 0. The standard InChI is InChI=1S/C16H22FNO/c1-12(2)11-15(18-9-3-4-10-18)16(19)13-5-7-14(17)8-6-13/h5-8,12,15H,3-4,9-11H2,1-2H3. The maximum atomic E-state index is 12.9. The van der Waals surface area contributed by atoms with Crippen LogP contribution >= 0.6 is 0 Å². The zero-order valence-electron chi connectivity index (χ0n) is 11.7. The molecule has 1 aromatic rings. The van der Waals surface area contributed by atoms with Crippen LogP contribution in [0.25, 0.3) is 0 Å². The second-order valence-electron chi connectivity index (χ2n) is 5.76. The van der Waals surface area contributed by atoms with E-state index in [1.54, 1.807) is 12.1 Å². The largest absolute Gasteiger partial charge is 0.293 e. The molecule has 0 radical (unpaired) electrons. The molecule has 1 aromatic carbocycles. The summed E-state index contributed by atoms with van der Waals surface area (Å²) in [6.45, 7) is 6.29. The van der Waals surface area contributed by atoms with E-state index >= 15 is 0 Å². The number of carbonyl (C=O) groups excluding carboxylic acids is 1. The Kier molecular flexibility index (Phi) is 4.70. The Labute approximate surface area is 114 Å². The molecule has 1 fully saturated rings. The van der Waals surface area contributed by atoms with Crippen molar-refractivity contribution in [2.24, 2.45) is 5.92 Å². The summed E-state index contributed by atoms with van der Waals surface area (Å²) < 4.78 is 12.9. The lowest BCUT2D eigenvalue weighted by atomic mass is 9.95. The summed E-state index contributed by atoms with van der Waals surface area (Å²) in [6.07, 6.45) is 3.22. The highest BCUT2D eigenvalue weighted by molar-refractivity contribution is 6.00. The van der Waals surface area contributed by atoms with Crippen molar-refractivity contribution in [3.05, 3.63) is 35.6 Å². The van der Waals surface area contributed by atoms with E-state index in [4.69, 9.17) is 0 Å². The number of hydrogen-bond donors (Lipinski definition) is 0. The Morgan fingerprint density at radius 1 is 1.21 bits per heavy atom. The van der Waals surface area contributed by atoms with Gasteiger partial charge in [-0.3, -0.25) is 9.69 Å². The molecule has 1 aliphatic heterocycles. The van der Waals surface area contributed by atoms with Gasteiger partial charge in [-0.25, -0.2) is 4.39 Å². The first-order valence-electron chi connectivity index (χ1n) is 7.12. The van der Waals surface area contributed by atoms with E-state index in [-0.39, 0.29) is 17.6 Å². The summed E-state index contributed by atoms with van der Waals surface area (Å²) in [5.74, 6) is 0.323. The monoisotopic (exact) mass is 263 g/mol. The summed E-state index contributed by atoms with van der Waals surface area (Å²) in [5, 5.41) is 0. The molecule has 2 nitrogen and oxygen atoms in total. The molecular weight excluding hydrogens is 241 g/mol. The van der Waals surface area contributed by atoms with Crippen LogP contribution in [0.15, 0.2) is 24.3 Å². The number of hydrogen-bond acceptors (Lipinski definition) is 2. The first-order chi connectivity index (χ1) is 9.08. The third-order valence-electron chi connectivity index (χ3n) is 3.71. The van der Waals surface area contributed by atoms with Crippen LogP contribution in [0.3, 0.4) is 0 Å². The van der Waals surface area contributed by atoms with Crippen molar-refractivity contribution in [3.8, 4) is 0 Å². The first kappa shape index (κ1) is 14.2. The molecular formula is C16H22FNO. The first-order valence-corrected chi connectivity index (χ1v) is 7.12. The summed E-state index contributed by atoms with van der Waals surface area (Å²) in [5.41, 5.74) is 0.624. The lowest BCUT2D eigenvalue weighted by Crippen LogP contribution is -2.40. The smallest absolute Gasteiger partial charge is 0.179 e. The Balaban J connectivity index is 2.16. The van der Waals surface area contributed by atoms with Gasteiger partial charge in [0.25, 0.3) is 0 Å². The van der Waals surface area contributed by atoms with Crippen LogP contribution in [0.2, 0.25) is 0 Å². The predicted octanol–water partition coefficient (Wildman–Crippen LogP) is 3.52. The Bertz CT molecular complexity index is 421. The van der Waals surface area contributed by atoms with Crippen LogP contribution in [0.5, 0.6) is 0 Å². The zero-order valence-corrected chi connectivity index (χ0v) is 11.7. The average molecular weight is 263 g/mol. The highest BCUT2D eigenvalue weighted by Gasteiger charge is 2.29. The number of nitrogens with zero attached hydrogens (tertiary/aromatic N) is 1. The molecule has 0 N–H and O–H groups in total. The van der Waals surface area contributed by atoms with Crippen molar-refractivity contribution >= 4 is 5.78 Å². The van der Waals surface area contributed by atoms with Crippen molar-refractivity contribution in [2.75, 3.05) is 13.1 Å². The molecule has 1 atom stereocenters. The maximum Gasteiger partial charge on any atom is 0.179 e. The average Bonchev–Trinajstić information content (AvgIpc) is 2.89. The van der Waals surface area contributed by atoms with Gasteiger partial charge in [0.05, 0.1) is 6.04 Å². The van der Waals surface area contributed by atoms with Crippen molar-refractivity contribution < 1.29 is 9.18 Å². The molecule has 0 spiro atoms. The van der Waals surface area contributed by atoms with E-state index < -0.39 is 0 Å². The second-order valence-corrected chi connectivity index (χ2v) is 5.76. The molecule has 3 heteroatoms. The molecule has 0 aliphatic carbocycles. The molecule has 19 heavy (non-hydrogen) atoms. The molecule has 0 bridgehead atoms. The minimum Gasteiger partial charge on any atom is -0.293 e. The van der Waals surface area contributed by atoms with Crippen molar-refractivity contribution in [1.29, 1.82) is 0 Å². The third-order valence-corrected chi connectivity index (χ3v) is 3.71. The Morgan fingerprint density at radius 2 is 1.79 bits per heavy atom. The summed E-state index contributed by atoms with van der Waals surface area (Å²) >= 11 is 0. The van der Waals surface area contributed by atoms with Gasteiger partial charge in [0, 0.05) is 5.56 Å². The van der Waals surface area contributed by atoms with Crippen LogP contribution in [0.4, 0.5) is 4.39 Å². The maximum absolute atomic E-state index is 12.9. The van der Waals surface area contributed by atoms with E-state index in [2.05, 4.69) is 18.7 Å². The van der Waals surface area contributed by atoms with E-state index in [1.807, 2.05) is 0 Å². The molecule has 0 saturated carbocycles. The normalized spacial score (nSPS) is 17.9. The minimum atomic E-state index is -0.293. The number of likely N-dealkylation sites (tertiary alicyclic amines) is 1. The zero-order chi connectivity index (χ0) is 13.8. The molecule has 1 heterocycles. The second kappa shape index (κ2) is 6.29. The molecule has 1 unspecified atom stereocenters. The van der Waals surface area contributed by atoms with Crippen molar-refractivity contribution in [3.63, 3.8) is 0 Å². The van der Waals surface area contributed by atoms with Crippen molar-refractivity contribution in [2.45, 2.75) is 39.2 Å². The van der Waals surface area contributed by atoms with Gasteiger partial charge in [-0.1, -0.05) is 13.8 Å². The SMILES string of the molecule is CC(C)CC(C(=O)c1ccc(F)cc1)N1CCCC1. The molecule has 0 amide bonds. The number of Topliss-reactive ketones (excluding diaryl/α,β-unsaturated/α-hetero) is 1. The molecule has 0 aromatic heterocycles. The number of rotatable bonds is 5. The predicted molar refractivity (Wildman–Crippen MR) is 74.8 cm³/mol. The topological polar surface area (TPSA) is 20.3 Å². The number of carbonyl (C=O) groups is 1. The van der Waals surface area contributed by atoms with Gasteiger partial charge in [0.15, 0.2) is 5.78 Å². The summed E-state index contributed by atoms with van der Waals surface area (Å²) in [6, 6.07) is 5.88. The van der Waals surface area contributed by atoms with Gasteiger partial charge in [-0.15, -0.1) is 0 Å². The fourth-order valence-electron chi connectivity index (χ4n) is 2.73. The number of ketones is 1. The fourth-order valence-corrected chi connectivity index (χ4v) is 2.73. The van der Waals surface area contributed by atoms with Crippen LogP contribution in [0, 0.1) is 11.7 Å². The Hall–Kier alpha value is -1.22. The number of halogens is 1. The number of benzene rings is 1. The highest BCUT2D eigenvalue weighted by Crippen LogP contribution is 2.21. The molecule has 1 aliphatic rings. The van der Waals surface area contributed by atoms with Crippen LogP contribution < -0.4 is 0 Å². The van der Waals surface area contributed by atoms with Crippen LogP contribution in [-0.4, -0.2) is 29.8 Å². The van der Waals surface area contributed by atoms with E-state index in [0.29, 0.717) is 11.5 Å². The minimum absolute atomic E-state index is 0.0482. The fraction of sp³-hybridized carbons (Fsp3) is 0.562.